The van der Waals surface area contributed by atoms with Gasteiger partial charge in [-0.05, 0) is 24.0 Å². The molecular formula is C14H17N3O2S. The standard InChI is InChI=1S/C14H17N3O2S/c18-7-10-1-3-11(4-2-10)9-20-14-16-15-13(8-19)17(14)12-5-6-12/h1-4,12,18-19H,5-9H2. The van der Waals surface area contributed by atoms with Crippen LogP contribution in [-0.2, 0) is 19.0 Å². The van der Waals surface area contributed by atoms with E-state index in [1.165, 1.54) is 5.56 Å². The Morgan fingerprint density at radius 1 is 1.05 bits per heavy atom. The van der Waals surface area contributed by atoms with Crippen LogP contribution in [0, 0.1) is 0 Å². The molecule has 0 atom stereocenters. The second kappa shape index (κ2) is 5.95. The summed E-state index contributed by atoms with van der Waals surface area (Å²) < 4.78 is 2.06. The maximum atomic E-state index is 9.30. The van der Waals surface area contributed by atoms with E-state index in [9.17, 15) is 5.11 Å². The number of aliphatic hydroxyl groups is 2. The molecule has 1 aromatic carbocycles. The summed E-state index contributed by atoms with van der Waals surface area (Å²) >= 11 is 1.63. The monoisotopic (exact) mass is 291 g/mol. The smallest absolute Gasteiger partial charge is 0.191 e. The fourth-order valence-electron chi connectivity index (χ4n) is 2.10. The van der Waals surface area contributed by atoms with Crippen LogP contribution in [0.4, 0.5) is 0 Å². The molecule has 1 saturated carbocycles. The van der Waals surface area contributed by atoms with E-state index in [4.69, 9.17) is 5.11 Å². The van der Waals surface area contributed by atoms with Crippen molar-refractivity contribution in [3.63, 3.8) is 0 Å². The topological polar surface area (TPSA) is 71.2 Å². The van der Waals surface area contributed by atoms with E-state index in [-0.39, 0.29) is 13.2 Å². The Morgan fingerprint density at radius 3 is 2.35 bits per heavy atom. The minimum absolute atomic E-state index is 0.0603. The minimum Gasteiger partial charge on any atom is -0.392 e. The molecule has 0 radical (unpaired) electrons. The minimum atomic E-state index is -0.0603. The van der Waals surface area contributed by atoms with Gasteiger partial charge in [0.25, 0.3) is 0 Å². The first-order valence-corrected chi connectivity index (χ1v) is 7.66. The van der Waals surface area contributed by atoms with Crippen LogP contribution in [0.5, 0.6) is 0 Å². The second-order valence-electron chi connectivity index (χ2n) is 4.92. The van der Waals surface area contributed by atoms with E-state index in [1.54, 1.807) is 11.8 Å². The van der Waals surface area contributed by atoms with Crippen LogP contribution < -0.4 is 0 Å². The van der Waals surface area contributed by atoms with Crippen LogP contribution in [0.3, 0.4) is 0 Å². The third-order valence-electron chi connectivity index (χ3n) is 3.36. The Kier molecular flexibility index (Phi) is 4.05. The van der Waals surface area contributed by atoms with Gasteiger partial charge in [-0.3, -0.25) is 0 Å². The highest BCUT2D eigenvalue weighted by Gasteiger charge is 2.29. The first-order valence-electron chi connectivity index (χ1n) is 6.68. The SMILES string of the molecule is OCc1ccc(CSc2nnc(CO)n2C2CC2)cc1. The van der Waals surface area contributed by atoms with E-state index in [2.05, 4.69) is 14.8 Å². The summed E-state index contributed by atoms with van der Waals surface area (Å²) in [6, 6.07) is 8.36. The Hall–Kier alpha value is -1.37. The van der Waals surface area contributed by atoms with Crippen molar-refractivity contribution in [1.29, 1.82) is 0 Å². The molecule has 1 aliphatic rings. The number of benzene rings is 1. The lowest BCUT2D eigenvalue weighted by Gasteiger charge is -2.07. The molecule has 6 heteroatoms. The quantitative estimate of drug-likeness (QED) is 0.795. The Balaban J connectivity index is 1.69. The van der Waals surface area contributed by atoms with Gasteiger partial charge in [0, 0.05) is 11.8 Å². The van der Waals surface area contributed by atoms with Gasteiger partial charge in [0.15, 0.2) is 11.0 Å². The summed E-state index contributed by atoms with van der Waals surface area (Å²) in [5.74, 6) is 1.47. The first-order chi connectivity index (χ1) is 9.81. The van der Waals surface area contributed by atoms with Crippen molar-refractivity contribution in [3.8, 4) is 0 Å². The molecule has 106 valence electrons. The summed E-state index contributed by atoms with van der Waals surface area (Å²) in [5, 5.41) is 27.4. The fraction of sp³-hybridized carbons (Fsp3) is 0.429. The lowest BCUT2D eigenvalue weighted by atomic mass is 10.2. The van der Waals surface area contributed by atoms with E-state index in [0.29, 0.717) is 11.9 Å². The first kappa shape index (κ1) is 13.6. The number of hydrogen-bond donors (Lipinski definition) is 2. The number of aromatic nitrogens is 3. The lowest BCUT2D eigenvalue weighted by molar-refractivity contribution is 0.263. The molecule has 0 amide bonds. The van der Waals surface area contributed by atoms with Gasteiger partial charge in [0.05, 0.1) is 6.61 Å². The van der Waals surface area contributed by atoms with Gasteiger partial charge in [-0.2, -0.15) is 0 Å². The second-order valence-corrected chi connectivity index (χ2v) is 5.86. The van der Waals surface area contributed by atoms with Crippen LogP contribution in [0.25, 0.3) is 0 Å². The summed E-state index contributed by atoms with van der Waals surface area (Å²) in [7, 11) is 0. The van der Waals surface area contributed by atoms with E-state index < -0.39 is 0 Å². The number of hydrogen-bond acceptors (Lipinski definition) is 5. The molecule has 5 nitrogen and oxygen atoms in total. The van der Waals surface area contributed by atoms with Crippen molar-refractivity contribution in [1.82, 2.24) is 14.8 Å². The summed E-state index contributed by atoms with van der Waals surface area (Å²) in [6.45, 7) is 0.0124. The van der Waals surface area contributed by atoms with Gasteiger partial charge < -0.3 is 14.8 Å². The third-order valence-corrected chi connectivity index (χ3v) is 4.38. The highest BCUT2D eigenvalue weighted by molar-refractivity contribution is 7.98. The Bertz CT molecular complexity index is 579. The van der Waals surface area contributed by atoms with Gasteiger partial charge in [0.1, 0.15) is 6.61 Å². The normalized spacial score (nSPS) is 14.7. The Morgan fingerprint density at radius 2 is 1.75 bits per heavy atom. The number of nitrogens with zero attached hydrogens (tertiary/aromatic N) is 3. The van der Waals surface area contributed by atoms with Crippen molar-refractivity contribution in [2.45, 2.75) is 43.0 Å². The van der Waals surface area contributed by atoms with Gasteiger partial charge >= 0.3 is 0 Å². The summed E-state index contributed by atoms with van der Waals surface area (Å²) in [6.07, 6.45) is 2.29. The molecule has 0 spiro atoms. The van der Waals surface area contributed by atoms with Crippen molar-refractivity contribution < 1.29 is 10.2 Å². The van der Waals surface area contributed by atoms with Crippen LogP contribution in [0.2, 0.25) is 0 Å². The third kappa shape index (κ3) is 2.87. The Labute approximate surface area is 121 Å². The van der Waals surface area contributed by atoms with Gasteiger partial charge in [-0.1, -0.05) is 36.0 Å². The zero-order valence-electron chi connectivity index (χ0n) is 11.1. The molecule has 0 saturated heterocycles. The average Bonchev–Trinajstić information content (AvgIpc) is 3.25. The molecular weight excluding hydrogens is 274 g/mol. The molecule has 2 aromatic rings. The van der Waals surface area contributed by atoms with Crippen LogP contribution >= 0.6 is 11.8 Å². The van der Waals surface area contributed by atoms with Gasteiger partial charge in [-0.25, -0.2) is 0 Å². The molecule has 0 unspecified atom stereocenters. The van der Waals surface area contributed by atoms with Crippen molar-refractivity contribution in [3.05, 3.63) is 41.2 Å². The zero-order chi connectivity index (χ0) is 13.9. The van der Waals surface area contributed by atoms with Gasteiger partial charge in [-0.15, -0.1) is 10.2 Å². The molecule has 0 aliphatic heterocycles. The van der Waals surface area contributed by atoms with Crippen LogP contribution in [0.1, 0.15) is 35.8 Å². The number of thioether (sulfide) groups is 1. The van der Waals surface area contributed by atoms with Crippen molar-refractivity contribution in [2.75, 3.05) is 0 Å². The summed E-state index contributed by atoms with van der Waals surface area (Å²) in [4.78, 5) is 0. The maximum absolute atomic E-state index is 9.30. The molecule has 1 aromatic heterocycles. The maximum Gasteiger partial charge on any atom is 0.191 e. The van der Waals surface area contributed by atoms with E-state index >= 15 is 0 Å². The molecule has 1 aliphatic carbocycles. The van der Waals surface area contributed by atoms with Crippen LogP contribution in [0.15, 0.2) is 29.4 Å². The van der Waals surface area contributed by atoms with E-state index in [0.717, 1.165) is 29.3 Å². The summed E-state index contributed by atoms with van der Waals surface area (Å²) in [5.41, 5.74) is 2.10. The number of rotatable bonds is 6. The zero-order valence-corrected chi connectivity index (χ0v) is 11.9. The van der Waals surface area contributed by atoms with Crippen molar-refractivity contribution >= 4 is 11.8 Å². The van der Waals surface area contributed by atoms with Crippen molar-refractivity contribution in [2.24, 2.45) is 0 Å². The van der Waals surface area contributed by atoms with Gasteiger partial charge in [0.2, 0.25) is 0 Å². The van der Waals surface area contributed by atoms with E-state index in [1.807, 2.05) is 24.3 Å². The molecule has 2 N–H and O–H groups in total. The number of aliphatic hydroxyl groups excluding tert-OH is 2. The molecule has 20 heavy (non-hydrogen) atoms. The fourth-order valence-corrected chi connectivity index (χ4v) is 3.08. The highest BCUT2D eigenvalue weighted by atomic mass is 32.2. The molecule has 3 rings (SSSR count). The average molecular weight is 291 g/mol. The molecule has 0 bridgehead atoms. The lowest BCUT2D eigenvalue weighted by Crippen LogP contribution is -2.02. The predicted octanol–water partition coefficient (Wildman–Crippen LogP) is 1.89. The molecule has 1 heterocycles. The largest absolute Gasteiger partial charge is 0.392 e. The predicted molar refractivity (Wildman–Crippen MR) is 76.1 cm³/mol. The molecule has 1 fully saturated rings. The van der Waals surface area contributed by atoms with Crippen LogP contribution in [-0.4, -0.2) is 25.0 Å². The highest BCUT2D eigenvalue weighted by Crippen LogP contribution is 2.39.